The second-order valence-corrected chi connectivity index (χ2v) is 14.7. The molecule has 48 heavy (non-hydrogen) atoms. The van der Waals surface area contributed by atoms with Gasteiger partial charge in [-0.25, -0.2) is 0 Å². The van der Waals surface area contributed by atoms with Crippen LogP contribution in [0.4, 0.5) is 0 Å². The van der Waals surface area contributed by atoms with Crippen molar-refractivity contribution >= 4 is 5.91 Å². The van der Waals surface area contributed by atoms with E-state index in [1.54, 1.807) is 0 Å². The molecule has 0 radical (unpaired) electrons. The molecule has 5 N–H and O–H groups in total. The predicted octanol–water partition coefficient (Wildman–Crippen LogP) is 10.6. The molecule has 0 saturated heterocycles. The summed E-state index contributed by atoms with van der Waals surface area (Å²) in [5.41, 5.74) is 0. The van der Waals surface area contributed by atoms with Crippen molar-refractivity contribution in [3.8, 4) is 0 Å². The summed E-state index contributed by atoms with van der Waals surface area (Å²) in [5, 5.41) is 43.4. The molecule has 1 amide bonds. The number of aliphatic hydroxyl groups is 4. The van der Waals surface area contributed by atoms with Crippen LogP contribution in [0.15, 0.2) is 12.2 Å². The molecule has 0 aliphatic rings. The van der Waals surface area contributed by atoms with Gasteiger partial charge in [0.1, 0.15) is 12.2 Å². The molecule has 0 fully saturated rings. The van der Waals surface area contributed by atoms with Crippen LogP contribution in [-0.2, 0) is 4.79 Å². The van der Waals surface area contributed by atoms with Gasteiger partial charge in [0.15, 0.2) is 0 Å². The number of nitrogens with one attached hydrogen (secondary N) is 1. The standard InChI is InChI=1S/C42H83NO5/c1-3-5-7-9-11-13-15-17-18-19-20-21-22-23-24-26-28-30-32-34-36-40(46)42(48)43-38(37-44)41(47)39(45)35-33-31-29-27-25-16-14-12-10-8-6-4-2/h31,33,38-41,44-47H,3-30,32,34-37H2,1-2H3,(H,43,48)/b33-31+/t38-,39-,40+,41+/m1/s1. The topological polar surface area (TPSA) is 110 Å². The summed E-state index contributed by atoms with van der Waals surface area (Å²) >= 11 is 0. The van der Waals surface area contributed by atoms with Gasteiger partial charge in [-0.1, -0.05) is 206 Å². The fourth-order valence-corrected chi connectivity index (χ4v) is 6.58. The highest BCUT2D eigenvalue weighted by molar-refractivity contribution is 5.80. The Hall–Kier alpha value is -0.950. The molecule has 0 unspecified atom stereocenters. The van der Waals surface area contributed by atoms with E-state index in [9.17, 15) is 25.2 Å². The first-order valence-electron chi connectivity index (χ1n) is 21.1. The number of hydrogen-bond acceptors (Lipinski definition) is 5. The number of amides is 1. The number of hydrogen-bond donors (Lipinski definition) is 5. The summed E-state index contributed by atoms with van der Waals surface area (Å²) in [4.78, 5) is 12.5. The van der Waals surface area contributed by atoms with Gasteiger partial charge >= 0.3 is 0 Å². The van der Waals surface area contributed by atoms with Gasteiger partial charge in [-0.2, -0.15) is 0 Å². The van der Waals surface area contributed by atoms with Crippen LogP contribution in [0.5, 0.6) is 0 Å². The van der Waals surface area contributed by atoms with Crippen LogP contribution >= 0.6 is 0 Å². The Kier molecular flexibility index (Phi) is 36.6. The number of rotatable bonds is 38. The summed E-state index contributed by atoms with van der Waals surface area (Å²) < 4.78 is 0. The van der Waals surface area contributed by atoms with Crippen LogP contribution in [0.25, 0.3) is 0 Å². The van der Waals surface area contributed by atoms with Gasteiger partial charge in [-0.05, 0) is 25.7 Å². The molecule has 6 heteroatoms. The summed E-state index contributed by atoms with van der Waals surface area (Å²) in [6, 6.07) is -1.01. The molecule has 0 rings (SSSR count). The van der Waals surface area contributed by atoms with Gasteiger partial charge in [0.2, 0.25) is 5.91 Å². The van der Waals surface area contributed by atoms with Gasteiger partial charge < -0.3 is 25.7 Å². The fraction of sp³-hybridized carbons (Fsp3) is 0.929. The van der Waals surface area contributed by atoms with E-state index >= 15 is 0 Å². The van der Waals surface area contributed by atoms with Gasteiger partial charge in [0, 0.05) is 0 Å². The number of carbonyl (C=O) groups is 1. The van der Waals surface area contributed by atoms with E-state index < -0.39 is 36.9 Å². The Morgan fingerprint density at radius 3 is 1.25 bits per heavy atom. The Bertz CT molecular complexity index is 687. The van der Waals surface area contributed by atoms with E-state index in [-0.39, 0.29) is 6.42 Å². The molecule has 0 aromatic carbocycles. The largest absolute Gasteiger partial charge is 0.394 e. The maximum Gasteiger partial charge on any atom is 0.249 e. The summed E-state index contributed by atoms with van der Waals surface area (Å²) in [7, 11) is 0. The number of unbranched alkanes of at least 4 members (excludes halogenated alkanes) is 28. The first-order chi connectivity index (χ1) is 23.5. The van der Waals surface area contributed by atoms with Crippen molar-refractivity contribution in [3.05, 3.63) is 12.2 Å². The lowest BCUT2D eigenvalue weighted by Crippen LogP contribution is -2.52. The molecule has 0 aromatic heterocycles. The van der Waals surface area contributed by atoms with E-state index in [2.05, 4.69) is 19.2 Å². The lowest BCUT2D eigenvalue weighted by Gasteiger charge is -2.26. The van der Waals surface area contributed by atoms with Crippen molar-refractivity contribution < 1.29 is 25.2 Å². The number of aliphatic hydroxyl groups excluding tert-OH is 4. The van der Waals surface area contributed by atoms with E-state index in [0.29, 0.717) is 6.42 Å². The molecule has 0 heterocycles. The van der Waals surface area contributed by atoms with Crippen LogP contribution in [0.1, 0.15) is 219 Å². The zero-order chi connectivity index (χ0) is 35.3. The fourth-order valence-electron chi connectivity index (χ4n) is 6.58. The zero-order valence-electron chi connectivity index (χ0n) is 32.0. The SMILES string of the molecule is CCCCCCCCCCC/C=C/C[C@@H](O)[C@@H](O)[C@@H](CO)NC(=O)[C@@H](O)CCCCCCCCCCCCCCCCCCCCCC. The molecule has 0 saturated carbocycles. The quantitative estimate of drug-likeness (QED) is 0.0329. The lowest BCUT2D eigenvalue weighted by atomic mass is 10.0. The average Bonchev–Trinajstić information content (AvgIpc) is 3.09. The molecule has 0 bridgehead atoms. The third-order valence-electron chi connectivity index (χ3n) is 9.98. The van der Waals surface area contributed by atoms with Gasteiger partial charge in [-0.3, -0.25) is 4.79 Å². The van der Waals surface area contributed by atoms with Crippen molar-refractivity contribution in [1.82, 2.24) is 5.32 Å². The zero-order valence-corrected chi connectivity index (χ0v) is 32.0. The second-order valence-electron chi connectivity index (χ2n) is 14.7. The molecule has 0 spiro atoms. The van der Waals surface area contributed by atoms with Gasteiger partial charge in [0.25, 0.3) is 0 Å². The minimum absolute atomic E-state index is 0.257. The van der Waals surface area contributed by atoms with Gasteiger partial charge in [-0.15, -0.1) is 0 Å². The van der Waals surface area contributed by atoms with Crippen LogP contribution in [0.2, 0.25) is 0 Å². The Morgan fingerprint density at radius 1 is 0.521 bits per heavy atom. The maximum absolute atomic E-state index is 12.5. The summed E-state index contributed by atoms with van der Waals surface area (Å²) in [5.74, 6) is -0.598. The van der Waals surface area contributed by atoms with Crippen LogP contribution < -0.4 is 5.32 Å². The number of carbonyl (C=O) groups excluding carboxylic acids is 1. The first-order valence-corrected chi connectivity index (χ1v) is 21.1. The minimum atomic E-state index is -1.30. The van der Waals surface area contributed by atoms with Crippen LogP contribution in [0, 0.1) is 0 Å². The molecular weight excluding hydrogens is 598 g/mol. The van der Waals surface area contributed by atoms with Crippen molar-refractivity contribution in [1.29, 1.82) is 0 Å². The highest BCUT2D eigenvalue weighted by Gasteiger charge is 2.28. The van der Waals surface area contributed by atoms with E-state index in [0.717, 1.165) is 32.1 Å². The highest BCUT2D eigenvalue weighted by Crippen LogP contribution is 2.16. The van der Waals surface area contributed by atoms with Crippen LogP contribution in [-0.4, -0.2) is 57.3 Å². The second kappa shape index (κ2) is 37.3. The molecule has 0 aliphatic heterocycles. The third kappa shape index (κ3) is 31.1. The molecule has 0 aromatic rings. The Morgan fingerprint density at radius 2 is 0.875 bits per heavy atom. The predicted molar refractivity (Wildman–Crippen MR) is 205 cm³/mol. The molecule has 286 valence electrons. The molecule has 6 nitrogen and oxygen atoms in total. The molecular formula is C42H83NO5. The Labute approximate surface area is 298 Å². The van der Waals surface area contributed by atoms with Gasteiger partial charge in [0.05, 0.1) is 18.8 Å². The third-order valence-corrected chi connectivity index (χ3v) is 9.98. The summed E-state index contributed by atoms with van der Waals surface area (Å²) in [6.07, 6.45) is 39.7. The van der Waals surface area contributed by atoms with E-state index in [4.69, 9.17) is 0 Å². The monoisotopic (exact) mass is 682 g/mol. The maximum atomic E-state index is 12.5. The minimum Gasteiger partial charge on any atom is -0.394 e. The van der Waals surface area contributed by atoms with E-state index in [1.165, 1.54) is 161 Å². The van der Waals surface area contributed by atoms with Crippen molar-refractivity contribution in [2.75, 3.05) is 6.61 Å². The number of allylic oxidation sites excluding steroid dienone is 1. The van der Waals surface area contributed by atoms with Crippen LogP contribution in [0.3, 0.4) is 0 Å². The lowest BCUT2D eigenvalue weighted by molar-refractivity contribution is -0.132. The smallest absolute Gasteiger partial charge is 0.249 e. The summed E-state index contributed by atoms with van der Waals surface area (Å²) in [6.45, 7) is 4.02. The average molecular weight is 682 g/mol. The first kappa shape index (κ1) is 47.0. The highest BCUT2D eigenvalue weighted by atomic mass is 16.3. The molecule has 0 aliphatic carbocycles. The van der Waals surface area contributed by atoms with E-state index in [1.807, 2.05) is 12.2 Å². The Balaban J connectivity index is 3.73. The van der Waals surface area contributed by atoms with Crippen molar-refractivity contribution in [3.63, 3.8) is 0 Å². The van der Waals surface area contributed by atoms with Crippen molar-refractivity contribution in [2.24, 2.45) is 0 Å². The van der Waals surface area contributed by atoms with Crippen molar-refractivity contribution in [2.45, 2.75) is 244 Å². The normalized spacial score (nSPS) is 14.4. The molecule has 4 atom stereocenters.